The van der Waals surface area contributed by atoms with Crippen molar-refractivity contribution < 1.29 is 9.13 Å². The van der Waals surface area contributed by atoms with Gasteiger partial charge in [0.05, 0.1) is 5.60 Å². The molecule has 0 saturated carbocycles. The molecule has 0 bridgehead atoms. The Morgan fingerprint density at radius 2 is 2.35 bits per heavy atom. The van der Waals surface area contributed by atoms with Crippen LogP contribution in [0.2, 0.25) is 0 Å². The van der Waals surface area contributed by atoms with Gasteiger partial charge in [-0.15, -0.1) is 0 Å². The van der Waals surface area contributed by atoms with Gasteiger partial charge < -0.3 is 10.5 Å². The van der Waals surface area contributed by atoms with Gasteiger partial charge in [-0.1, -0.05) is 22.0 Å². The summed E-state index contributed by atoms with van der Waals surface area (Å²) in [6, 6.07) is 4.72. The van der Waals surface area contributed by atoms with Crippen molar-refractivity contribution in [3.63, 3.8) is 0 Å². The molecule has 2 heterocycles. The molecule has 3 rings (SSSR count). The van der Waals surface area contributed by atoms with Gasteiger partial charge >= 0.3 is 0 Å². The molecule has 1 spiro atoms. The van der Waals surface area contributed by atoms with Crippen molar-refractivity contribution in [3.05, 3.63) is 34.1 Å². The molecule has 0 radical (unpaired) electrons. The van der Waals surface area contributed by atoms with Crippen molar-refractivity contribution in [2.45, 2.75) is 30.9 Å². The van der Waals surface area contributed by atoms with Gasteiger partial charge in [0.1, 0.15) is 5.82 Å². The predicted octanol–water partition coefficient (Wildman–Crippen LogP) is 3.89. The largest absolute Gasteiger partial charge is 0.374 e. The maximum atomic E-state index is 13.2. The van der Waals surface area contributed by atoms with E-state index in [1.54, 1.807) is 6.07 Å². The van der Waals surface area contributed by atoms with E-state index in [1.165, 1.54) is 17.9 Å². The molecular formula is C15H19BrFNOS. The van der Waals surface area contributed by atoms with Crippen LogP contribution in [0.25, 0.3) is 0 Å². The van der Waals surface area contributed by atoms with Crippen LogP contribution in [-0.4, -0.2) is 23.7 Å². The molecule has 2 nitrogen and oxygen atoms in total. The maximum Gasteiger partial charge on any atom is 0.124 e. The van der Waals surface area contributed by atoms with Crippen LogP contribution in [0.15, 0.2) is 22.7 Å². The van der Waals surface area contributed by atoms with Crippen LogP contribution in [0, 0.1) is 11.7 Å². The quantitative estimate of drug-likeness (QED) is 0.869. The van der Waals surface area contributed by atoms with Crippen LogP contribution < -0.4 is 5.73 Å². The molecule has 0 aromatic heterocycles. The minimum atomic E-state index is -0.233. The van der Waals surface area contributed by atoms with Crippen LogP contribution in [0.5, 0.6) is 0 Å². The lowest BCUT2D eigenvalue weighted by Gasteiger charge is -2.40. The summed E-state index contributed by atoms with van der Waals surface area (Å²) in [6.45, 7) is 0.789. The molecule has 1 aromatic carbocycles. The predicted molar refractivity (Wildman–Crippen MR) is 84.4 cm³/mol. The third kappa shape index (κ3) is 2.91. The molecule has 110 valence electrons. The molecular weight excluding hydrogens is 341 g/mol. The molecule has 5 heteroatoms. The van der Waals surface area contributed by atoms with Crippen LogP contribution >= 0.6 is 27.7 Å². The topological polar surface area (TPSA) is 35.2 Å². The fourth-order valence-electron chi connectivity index (χ4n) is 3.26. The average Bonchev–Trinajstić information content (AvgIpc) is 2.86. The summed E-state index contributed by atoms with van der Waals surface area (Å²) < 4.78 is 20.0. The number of benzene rings is 1. The molecule has 2 saturated heterocycles. The summed E-state index contributed by atoms with van der Waals surface area (Å²) in [6.07, 6.45) is 3.13. The molecule has 20 heavy (non-hydrogen) atoms. The number of thioether (sulfide) groups is 1. The van der Waals surface area contributed by atoms with Gasteiger partial charge in [-0.3, -0.25) is 0 Å². The highest BCUT2D eigenvalue weighted by Crippen LogP contribution is 2.44. The highest BCUT2D eigenvalue weighted by atomic mass is 79.9. The Morgan fingerprint density at radius 3 is 3.05 bits per heavy atom. The second-order valence-corrected chi connectivity index (χ2v) is 7.74. The van der Waals surface area contributed by atoms with Gasteiger partial charge in [0.25, 0.3) is 0 Å². The number of nitrogens with two attached hydrogens (primary N) is 1. The Labute approximate surface area is 131 Å². The van der Waals surface area contributed by atoms with E-state index in [2.05, 4.69) is 15.9 Å². The van der Waals surface area contributed by atoms with Gasteiger partial charge in [0.15, 0.2) is 0 Å². The Balaban J connectivity index is 1.77. The van der Waals surface area contributed by atoms with E-state index in [-0.39, 0.29) is 17.5 Å². The van der Waals surface area contributed by atoms with E-state index >= 15 is 0 Å². The monoisotopic (exact) mass is 359 g/mol. The first-order valence-corrected chi connectivity index (χ1v) is 8.97. The lowest BCUT2D eigenvalue weighted by molar-refractivity contribution is -0.0834. The van der Waals surface area contributed by atoms with Gasteiger partial charge in [-0.2, -0.15) is 11.8 Å². The van der Waals surface area contributed by atoms with E-state index in [0.717, 1.165) is 41.7 Å². The zero-order chi connectivity index (χ0) is 14.2. The minimum absolute atomic E-state index is 0.0394. The smallest absolute Gasteiger partial charge is 0.124 e. The molecule has 0 aliphatic carbocycles. The van der Waals surface area contributed by atoms with Gasteiger partial charge in [0, 0.05) is 22.9 Å². The van der Waals surface area contributed by atoms with Gasteiger partial charge in [0.2, 0.25) is 0 Å². The Kier molecular flexibility index (Phi) is 4.41. The van der Waals surface area contributed by atoms with E-state index in [0.29, 0.717) is 5.92 Å². The standard InChI is InChI=1S/C15H19BrFNOS/c16-13-7-11(17)1-2-12(13)14(18)10-3-5-19-15(8-10)4-6-20-9-15/h1-2,7,10,14H,3-6,8-9,18H2. The second-order valence-electron chi connectivity index (χ2n) is 5.78. The molecule has 2 aliphatic heterocycles. The van der Waals surface area contributed by atoms with Crippen molar-refractivity contribution in [3.8, 4) is 0 Å². The summed E-state index contributed by atoms with van der Waals surface area (Å²) in [5.74, 6) is 2.44. The summed E-state index contributed by atoms with van der Waals surface area (Å²) in [7, 11) is 0. The minimum Gasteiger partial charge on any atom is -0.374 e. The molecule has 2 fully saturated rings. The van der Waals surface area contributed by atoms with Crippen molar-refractivity contribution in [1.29, 1.82) is 0 Å². The summed E-state index contributed by atoms with van der Waals surface area (Å²) >= 11 is 5.40. The zero-order valence-electron chi connectivity index (χ0n) is 11.3. The van der Waals surface area contributed by atoms with Crippen LogP contribution in [0.1, 0.15) is 30.9 Å². The lowest BCUT2D eigenvalue weighted by atomic mass is 9.79. The zero-order valence-corrected chi connectivity index (χ0v) is 13.7. The Morgan fingerprint density at radius 1 is 1.50 bits per heavy atom. The lowest BCUT2D eigenvalue weighted by Crippen LogP contribution is -2.42. The fourth-order valence-corrected chi connectivity index (χ4v) is 5.25. The van der Waals surface area contributed by atoms with E-state index in [4.69, 9.17) is 10.5 Å². The summed E-state index contributed by atoms with van der Waals surface area (Å²) in [4.78, 5) is 0. The van der Waals surface area contributed by atoms with Crippen molar-refractivity contribution in [2.75, 3.05) is 18.1 Å². The molecule has 1 aromatic rings. The summed E-state index contributed by atoms with van der Waals surface area (Å²) in [5, 5.41) is 0. The fraction of sp³-hybridized carbons (Fsp3) is 0.600. The van der Waals surface area contributed by atoms with Gasteiger partial charge in [-0.05, 0) is 48.6 Å². The molecule has 3 unspecified atom stereocenters. The third-order valence-electron chi connectivity index (χ3n) is 4.43. The highest BCUT2D eigenvalue weighted by molar-refractivity contribution is 9.10. The number of hydrogen-bond acceptors (Lipinski definition) is 3. The molecule has 2 N–H and O–H groups in total. The van der Waals surface area contributed by atoms with E-state index < -0.39 is 0 Å². The maximum absolute atomic E-state index is 13.2. The van der Waals surface area contributed by atoms with Gasteiger partial charge in [-0.25, -0.2) is 4.39 Å². The van der Waals surface area contributed by atoms with Crippen LogP contribution in [0.3, 0.4) is 0 Å². The Hall–Kier alpha value is -0.100. The second kappa shape index (κ2) is 5.95. The van der Waals surface area contributed by atoms with Crippen molar-refractivity contribution in [2.24, 2.45) is 11.7 Å². The van der Waals surface area contributed by atoms with E-state index in [1.807, 2.05) is 11.8 Å². The first kappa shape index (κ1) is 14.8. The highest BCUT2D eigenvalue weighted by Gasteiger charge is 2.42. The number of rotatable bonds is 2. The number of halogens is 2. The SMILES string of the molecule is NC(c1ccc(F)cc1Br)C1CCOC2(CCSC2)C1. The Bertz CT molecular complexity index is 493. The molecule has 0 amide bonds. The molecule has 2 aliphatic rings. The van der Waals surface area contributed by atoms with Crippen molar-refractivity contribution in [1.82, 2.24) is 0 Å². The normalized spacial score (nSPS) is 31.6. The van der Waals surface area contributed by atoms with Crippen LogP contribution in [-0.2, 0) is 4.74 Å². The van der Waals surface area contributed by atoms with Crippen molar-refractivity contribution >= 4 is 27.7 Å². The first-order chi connectivity index (χ1) is 9.60. The average molecular weight is 360 g/mol. The number of ether oxygens (including phenoxy) is 1. The van der Waals surface area contributed by atoms with E-state index in [9.17, 15) is 4.39 Å². The van der Waals surface area contributed by atoms with Crippen LogP contribution in [0.4, 0.5) is 4.39 Å². The third-order valence-corrected chi connectivity index (χ3v) is 6.34. The first-order valence-electron chi connectivity index (χ1n) is 7.02. The number of hydrogen-bond donors (Lipinski definition) is 1. The summed E-state index contributed by atoms with van der Waals surface area (Å²) in [5.41, 5.74) is 7.50. The molecule has 3 atom stereocenters.